The summed E-state index contributed by atoms with van der Waals surface area (Å²) in [7, 11) is 0. The predicted octanol–water partition coefficient (Wildman–Crippen LogP) is 3.04. The van der Waals surface area contributed by atoms with Crippen LogP contribution in [0.15, 0.2) is 41.3 Å². The number of halogens is 1. The molecule has 0 aliphatic carbocycles. The molecule has 0 aliphatic rings. The Hall–Kier alpha value is -2.21. The molecule has 0 spiro atoms. The second-order valence-corrected chi connectivity index (χ2v) is 6.00. The Bertz CT molecular complexity index is 842. The van der Waals surface area contributed by atoms with Gasteiger partial charge in [-0.15, -0.1) is 0 Å². The fourth-order valence-corrected chi connectivity index (χ4v) is 3.03. The third kappa shape index (κ3) is 2.74. The second kappa shape index (κ2) is 5.88. The number of aryl methyl sites for hydroxylation is 2. The molecular formula is C16H15BrN4O. The molecule has 3 aromatic rings. The molecule has 0 bridgehead atoms. The molecule has 0 fully saturated rings. The minimum absolute atomic E-state index is 0.140. The van der Waals surface area contributed by atoms with Crippen LogP contribution < -0.4 is 5.32 Å². The smallest absolute Gasteiger partial charge is 0.270 e. The zero-order valence-corrected chi connectivity index (χ0v) is 13.9. The summed E-state index contributed by atoms with van der Waals surface area (Å²) in [5, 5.41) is 2.93. The largest absolute Gasteiger partial charge is 0.347 e. The maximum Gasteiger partial charge on any atom is 0.270 e. The molecule has 3 heterocycles. The number of aromatic nitrogens is 3. The van der Waals surface area contributed by atoms with E-state index >= 15 is 0 Å². The van der Waals surface area contributed by atoms with Crippen molar-refractivity contribution in [2.45, 2.75) is 20.4 Å². The minimum Gasteiger partial charge on any atom is -0.347 e. The summed E-state index contributed by atoms with van der Waals surface area (Å²) in [6.45, 7) is 4.29. The van der Waals surface area contributed by atoms with Crippen LogP contribution in [0.3, 0.4) is 0 Å². The number of hydrogen-bond acceptors (Lipinski definition) is 3. The van der Waals surface area contributed by atoms with E-state index in [-0.39, 0.29) is 5.91 Å². The number of nitrogens with zero attached hydrogens (tertiary/aromatic N) is 3. The van der Waals surface area contributed by atoms with Crippen LogP contribution in [-0.2, 0) is 6.54 Å². The van der Waals surface area contributed by atoms with Crippen molar-refractivity contribution in [1.29, 1.82) is 0 Å². The normalized spacial score (nSPS) is 10.9. The van der Waals surface area contributed by atoms with Crippen LogP contribution in [0.2, 0.25) is 0 Å². The molecule has 0 unspecified atom stereocenters. The van der Waals surface area contributed by atoms with Crippen LogP contribution in [0, 0.1) is 13.8 Å². The molecule has 0 saturated heterocycles. The Morgan fingerprint density at radius 3 is 2.77 bits per heavy atom. The van der Waals surface area contributed by atoms with Gasteiger partial charge in [0.15, 0.2) is 5.65 Å². The molecule has 0 saturated carbocycles. The average Bonchev–Trinajstić information content (AvgIpc) is 2.82. The number of carbonyl (C=O) groups excluding carboxylic acids is 1. The van der Waals surface area contributed by atoms with Crippen molar-refractivity contribution in [2.75, 3.05) is 0 Å². The number of imidazole rings is 1. The van der Waals surface area contributed by atoms with E-state index in [9.17, 15) is 4.79 Å². The molecule has 0 aromatic carbocycles. The maximum absolute atomic E-state index is 12.5. The number of amides is 1. The Labute approximate surface area is 136 Å². The predicted molar refractivity (Wildman–Crippen MR) is 87.8 cm³/mol. The second-order valence-electron chi connectivity index (χ2n) is 5.14. The molecule has 3 rings (SSSR count). The van der Waals surface area contributed by atoms with Crippen molar-refractivity contribution in [3.63, 3.8) is 0 Å². The van der Waals surface area contributed by atoms with Crippen LogP contribution in [0.1, 0.15) is 27.3 Å². The summed E-state index contributed by atoms with van der Waals surface area (Å²) < 4.78 is 2.71. The fourth-order valence-electron chi connectivity index (χ4n) is 2.39. The highest BCUT2D eigenvalue weighted by Crippen LogP contribution is 2.22. The zero-order valence-electron chi connectivity index (χ0n) is 12.3. The Morgan fingerprint density at radius 2 is 2.05 bits per heavy atom. The standard InChI is InChI=1S/C16H15BrN4O/c1-10-7-13(17)15-20-11(2)14(21(15)9-10)16(22)19-8-12-3-5-18-6-4-12/h3-7,9H,8H2,1-2H3,(H,19,22). The van der Waals surface area contributed by atoms with Gasteiger partial charge in [0.2, 0.25) is 0 Å². The lowest BCUT2D eigenvalue weighted by atomic mass is 10.2. The lowest BCUT2D eigenvalue weighted by Gasteiger charge is -2.07. The molecule has 112 valence electrons. The van der Waals surface area contributed by atoms with Gasteiger partial charge in [-0.3, -0.25) is 14.2 Å². The highest BCUT2D eigenvalue weighted by atomic mass is 79.9. The summed E-state index contributed by atoms with van der Waals surface area (Å²) in [6.07, 6.45) is 5.34. The van der Waals surface area contributed by atoms with Crippen molar-refractivity contribution in [1.82, 2.24) is 19.7 Å². The lowest BCUT2D eigenvalue weighted by molar-refractivity contribution is 0.0944. The highest BCUT2D eigenvalue weighted by Gasteiger charge is 2.18. The van der Waals surface area contributed by atoms with E-state index in [0.29, 0.717) is 17.9 Å². The van der Waals surface area contributed by atoms with Crippen LogP contribution in [0.5, 0.6) is 0 Å². The average molecular weight is 359 g/mol. The van der Waals surface area contributed by atoms with E-state index in [0.717, 1.165) is 21.2 Å². The number of fused-ring (bicyclic) bond motifs is 1. The van der Waals surface area contributed by atoms with Gasteiger partial charge in [0, 0.05) is 25.1 Å². The van der Waals surface area contributed by atoms with Gasteiger partial charge >= 0.3 is 0 Å². The molecule has 3 aromatic heterocycles. The summed E-state index contributed by atoms with van der Waals surface area (Å²) in [6, 6.07) is 5.74. The molecule has 0 radical (unpaired) electrons. The van der Waals surface area contributed by atoms with Gasteiger partial charge in [-0.1, -0.05) is 0 Å². The lowest BCUT2D eigenvalue weighted by Crippen LogP contribution is -2.25. The van der Waals surface area contributed by atoms with Crippen molar-refractivity contribution < 1.29 is 4.79 Å². The van der Waals surface area contributed by atoms with Gasteiger partial charge in [-0.2, -0.15) is 0 Å². The van der Waals surface area contributed by atoms with E-state index in [1.54, 1.807) is 12.4 Å². The highest BCUT2D eigenvalue weighted by molar-refractivity contribution is 9.10. The SMILES string of the molecule is Cc1cc(Br)c2nc(C)c(C(=O)NCc3ccncc3)n2c1. The number of rotatable bonds is 3. The Morgan fingerprint density at radius 1 is 1.32 bits per heavy atom. The third-order valence-corrected chi connectivity index (χ3v) is 3.99. The monoisotopic (exact) mass is 358 g/mol. The van der Waals surface area contributed by atoms with E-state index in [1.165, 1.54) is 0 Å². The van der Waals surface area contributed by atoms with Gasteiger partial charge in [0.25, 0.3) is 5.91 Å². The van der Waals surface area contributed by atoms with Crippen molar-refractivity contribution in [2.24, 2.45) is 0 Å². The Balaban J connectivity index is 1.92. The van der Waals surface area contributed by atoms with Crippen molar-refractivity contribution in [3.8, 4) is 0 Å². The summed E-state index contributed by atoms with van der Waals surface area (Å²) in [5.74, 6) is -0.140. The third-order valence-electron chi connectivity index (χ3n) is 3.40. The number of pyridine rings is 2. The first-order valence-electron chi connectivity index (χ1n) is 6.88. The first-order valence-corrected chi connectivity index (χ1v) is 7.67. The van der Waals surface area contributed by atoms with Crippen LogP contribution in [-0.4, -0.2) is 20.3 Å². The number of hydrogen-bond donors (Lipinski definition) is 1. The zero-order chi connectivity index (χ0) is 15.7. The van der Waals surface area contributed by atoms with Gasteiger partial charge in [0.1, 0.15) is 5.69 Å². The van der Waals surface area contributed by atoms with Crippen LogP contribution in [0.4, 0.5) is 0 Å². The first kappa shape index (κ1) is 14.7. The minimum atomic E-state index is -0.140. The van der Waals surface area contributed by atoms with Gasteiger partial charge in [-0.05, 0) is 59.1 Å². The van der Waals surface area contributed by atoms with E-state index < -0.39 is 0 Å². The van der Waals surface area contributed by atoms with Gasteiger partial charge < -0.3 is 5.32 Å². The fraction of sp³-hybridized carbons (Fsp3) is 0.188. The summed E-state index contributed by atoms with van der Waals surface area (Å²) in [5.41, 5.74) is 4.08. The number of carbonyl (C=O) groups is 1. The molecule has 1 amide bonds. The molecule has 5 nitrogen and oxygen atoms in total. The first-order chi connectivity index (χ1) is 10.6. The van der Waals surface area contributed by atoms with Crippen LogP contribution in [0.25, 0.3) is 5.65 Å². The maximum atomic E-state index is 12.5. The summed E-state index contributed by atoms with van der Waals surface area (Å²) in [4.78, 5) is 21.0. The quantitative estimate of drug-likeness (QED) is 0.782. The molecule has 22 heavy (non-hydrogen) atoms. The van der Waals surface area contributed by atoms with Gasteiger partial charge in [0.05, 0.1) is 10.2 Å². The number of nitrogens with one attached hydrogen (secondary N) is 1. The topological polar surface area (TPSA) is 59.3 Å². The van der Waals surface area contributed by atoms with E-state index in [1.807, 2.05) is 42.6 Å². The molecule has 6 heteroatoms. The van der Waals surface area contributed by atoms with Crippen molar-refractivity contribution >= 4 is 27.5 Å². The molecular weight excluding hydrogens is 344 g/mol. The van der Waals surface area contributed by atoms with Crippen LogP contribution >= 0.6 is 15.9 Å². The summed E-state index contributed by atoms with van der Waals surface area (Å²) >= 11 is 3.50. The van der Waals surface area contributed by atoms with E-state index in [4.69, 9.17) is 0 Å². The molecule has 0 atom stereocenters. The molecule has 1 N–H and O–H groups in total. The Kier molecular flexibility index (Phi) is 3.94. The van der Waals surface area contributed by atoms with Gasteiger partial charge in [-0.25, -0.2) is 4.98 Å². The van der Waals surface area contributed by atoms with Crippen molar-refractivity contribution in [3.05, 3.63) is 63.8 Å². The van der Waals surface area contributed by atoms with E-state index in [2.05, 4.69) is 31.2 Å². The molecule has 0 aliphatic heterocycles.